The van der Waals surface area contributed by atoms with E-state index in [4.69, 9.17) is 32.7 Å². The van der Waals surface area contributed by atoms with Crippen molar-refractivity contribution in [3.05, 3.63) is 62.1 Å². The number of non-ortho nitro benzene ring substituents is 1. The van der Waals surface area contributed by atoms with Crippen LogP contribution >= 0.6 is 23.2 Å². The summed E-state index contributed by atoms with van der Waals surface area (Å²) in [5, 5.41) is 14.0. The summed E-state index contributed by atoms with van der Waals surface area (Å²) < 4.78 is 9.92. The lowest BCUT2D eigenvalue weighted by Gasteiger charge is -2.10. The van der Waals surface area contributed by atoms with Crippen molar-refractivity contribution in [3.63, 3.8) is 0 Å². The van der Waals surface area contributed by atoms with Gasteiger partial charge in [0.2, 0.25) is 0 Å². The molecule has 1 amide bonds. The van der Waals surface area contributed by atoms with Crippen molar-refractivity contribution < 1.29 is 24.0 Å². The molecular weight excluding hydrogens is 399 g/mol. The summed E-state index contributed by atoms with van der Waals surface area (Å²) in [6, 6.07) is 8.39. The third kappa shape index (κ3) is 5.83. The van der Waals surface area contributed by atoms with Gasteiger partial charge in [-0.05, 0) is 23.8 Å². The van der Waals surface area contributed by atoms with E-state index < -0.39 is 23.4 Å². The molecule has 0 aliphatic heterocycles. The van der Waals surface area contributed by atoms with E-state index in [0.717, 1.165) is 0 Å². The van der Waals surface area contributed by atoms with Crippen LogP contribution in [0, 0.1) is 10.1 Å². The molecule has 8 nitrogen and oxygen atoms in total. The smallest absolute Gasteiger partial charge is 0.310 e. The van der Waals surface area contributed by atoms with Gasteiger partial charge in [-0.15, -0.1) is 0 Å². The van der Waals surface area contributed by atoms with Gasteiger partial charge in [-0.2, -0.15) is 0 Å². The molecule has 0 spiro atoms. The number of hydrogen-bond donors (Lipinski definition) is 1. The molecule has 0 aliphatic carbocycles. The molecule has 2 aromatic carbocycles. The van der Waals surface area contributed by atoms with Gasteiger partial charge < -0.3 is 14.8 Å². The minimum Gasteiger partial charge on any atom is -0.494 e. The van der Waals surface area contributed by atoms with Crippen LogP contribution < -0.4 is 10.1 Å². The second-order valence-electron chi connectivity index (χ2n) is 5.26. The lowest BCUT2D eigenvalue weighted by molar-refractivity contribution is -0.384. The molecule has 0 atom stereocenters. The van der Waals surface area contributed by atoms with Gasteiger partial charge in [0.15, 0.2) is 6.61 Å². The van der Waals surface area contributed by atoms with Crippen LogP contribution in [0.3, 0.4) is 0 Å². The molecule has 0 bridgehead atoms. The van der Waals surface area contributed by atoms with Crippen LogP contribution in [0.25, 0.3) is 0 Å². The van der Waals surface area contributed by atoms with E-state index in [0.29, 0.717) is 15.6 Å². The highest BCUT2D eigenvalue weighted by atomic mass is 35.5. The third-order valence-electron chi connectivity index (χ3n) is 3.38. The highest BCUT2D eigenvalue weighted by molar-refractivity contribution is 6.35. The highest BCUT2D eigenvalue weighted by Crippen LogP contribution is 2.29. The van der Waals surface area contributed by atoms with E-state index in [1.807, 2.05) is 0 Å². The molecule has 0 fully saturated rings. The van der Waals surface area contributed by atoms with E-state index in [-0.39, 0.29) is 23.5 Å². The Morgan fingerprint density at radius 3 is 2.56 bits per heavy atom. The molecule has 27 heavy (non-hydrogen) atoms. The van der Waals surface area contributed by atoms with Crippen molar-refractivity contribution in [2.75, 3.05) is 19.0 Å². The second-order valence-corrected chi connectivity index (χ2v) is 6.11. The van der Waals surface area contributed by atoms with E-state index in [1.54, 1.807) is 12.1 Å². The molecule has 0 saturated heterocycles. The summed E-state index contributed by atoms with van der Waals surface area (Å²) in [5.41, 5.74) is 0.546. The molecule has 0 aromatic heterocycles. The molecular formula is C17H14Cl2N2O6. The molecule has 2 aromatic rings. The number of esters is 1. The number of amides is 1. The lowest BCUT2D eigenvalue weighted by atomic mass is 10.1. The van der Waals surface area contributed by atoms with Crippen molar-refractivity contribution in [1.29, 1.82) is 0 Å². The monoisotopic (exact) mass is 412 g/mol. The fraction of sp³-hybridized carbons (Fsp3) is 0.176. The zero-order valence-electron chi connectivity index (χ0n) is 14.0. The van der Waals surface area contributed by atoms with Crippen LogP contribution in [-0.4, -0.2) is 30.5 Å². The molecule has 10 heteroatoms. The molecule has 142 valence electrons. The fourth-order valence-electron chi connectivity index (χ4n) is 2.10. The average Bonchev–Trinajstić information content (AvgIpc) is 2.62. The summed E-state index contributed by atoms with van der Waals surface area (Å²) in [6.07, 6.45) is -0.121. The van der Waals surface area contributed by atoms with Crippen molar-refractivity contribution in [3.8, 4) is 5.75 Å². The number of nitro groups is 1. The zero-order valence-corrected chi connectivity index (χ0v) is 15.5. The van der Waals surface area contributed by atoms with Gasteiger partial charge in [-0.1, -0.05) is 29.3 Å². The SMILES string of the molecule is COc1cc([N+](=O)[O-])ccc1NC(=O)COC(=O)Cc1ccc(Cl)cc1Cl. The zero-order chi connectivity index (χ0) is 20.0. The molecule has 2 rings (SSSR count). The average molecular weight is 413 g/mol. The van der Waals surface area contributed by atoms with E-state index in [1.165, 1.54) is 31.4 Å². The molecule has 0 heterocycles. The highest BCUT2D eigenvalue weighted by Gasteiger charge is 2.15. The van der Waals surface area contributed by atoms with Crippen LogP contribution in [0.15, 0.2) is 36.4 Å². The number of halogens is 2. The van der Waals surface area contributed by atoms with Crippen molar-refractivity contribution in [2.45, 2.75) is 6.42 Å². The summed E-state index contributed by atoms with van der Waals surface area (Å²) in [4.78, 5) is 34.0. The van der Waals surface area contributed by atoms with Crippen molar-refractivity contribution >= 4 is 46.5 Å². The first-order chi connectivity index (χ1) is 12.8. The fourth-order valence-corrected chi connectivity index (χ4v) is 2.58. The number of ether oxygens (including phenoxy) is 2. The van der Waals surface area contributed by atoms with Crippen LogP contribution in [0.5, 0.6) is 5.75 Å². The van der Waals surface area contributed by atoms with E-state index >= 15 is 0 Å². The third-order valence-corrected chi connectivity index (χ3v) is 3.97. The molecule has 1 N–H and O–H groups in total. The van der Waals surface area contributed by atoms with E-state index in [2.05, 4.69) is 5.32 Å². The molecule has 0 saturated carbocycles. The second kappa shape index (κ2) is 9.20. The first-order valence-electron chi connectivity index (χ1n) is 7.52. The number of nitrogens with zero attached hydrogens (tertiary/aromatic N) is 1. The van der Waals surface area contributed by atoms with Gasteiger partial charge in [0.05, 0.1) is 30.2 Å². The maximum atomic E-state index is 11.9. The normalized spacial score (nSPS) is 10.2. The Bertz CT molecular complexity index is 888. The predicted octanol–water partition coefficient (Wildman–Crippen LogP) is 3.63. The topological polar surface area (TPSA) is 108 Å². The van der Waals surface area contributed by atoms with E-state index in [9.17, 15) is 19.7 Å². The van der Waals surface area contributed by atoms with Gasteiger partial charge in [0.1, 0.15) is 5.75 Å². The number of anilines is 1. The van der Waals surface area contributed by atoms with Gasteiger partial charge in [0, 0.05) is 16.1 Å². The maximum Gasteiger partial charge on any atom is 0.310 e. The van der Waals surface area contributed by atoms with Crippen molar-refractivity contribution in [1.82, 2.24) is 0 Å². The Morgan fingerprint density at radius 2 is 1.93 bits per heavy atom. The van der Waals surface area contributed by atoms with Gasteiger partial charge >= 0.3 is 5.97 Å². The number of benzene rings is 2. The first kappa shape index (κ1) is 20.5. The minimum absolute atomic E-state index is 0.108. The minimum atomic E-state index is -0.648. The summed E-state index contributed by atoms with van der Waals surface area (Å²) in [6.45, 7) is -0.538. The van der Waals surface area contributed by atoms with Gasteiger partial charge in [-0.3, -0.25) is 19.7 Å². The number of carbonyl (C=O) groups excluding carboxylic acids is 2. The number of carbonyl (C=O) groups is 2. The number of nitrogens with one attached hydrogen (secondary N) is 1. The maximum absolute atomic E-state index is 11.9. The Morgan fingerprint density at radius 1 is 1.19 bits per heavy atom. The Labute approximate surface area is 164 Å². The lowest BCUT2D eigenvalue weighted by Crippen LogP contribution is -2.22. The van der Waals surface area contributed by atoms with Gasteiger partial charge in [-0.25, -0.2) is 0 Å². The van der Waals surface area contributed by atoms with Crippen LogP contribution in [-0.2, 0) is 20.7 Å². The standard InChI is InChI=1S/C17H14Cl2N2O6/c1-26-15-8-12(21(24)25)4-5-14(15)20-16(22)9-27-17(23)6-10-2-3-11(18)7-13(10)19/h2-5,7-8H,6,9H2,1H3,(H,20,22). The molecule has 0 unspecified atom stereocenters. The number of nitro benzene ring substituents is 1. The quantitative estimate of drug-likeness (QED) is 0.422. The Kier molecular flexibility index (Phi) is 6.98. The summed E-state index contributed by atoms with van der Waals surface area (Å²) >= 11 is 11.8. The summed E-state index contributed by atoms with van der Waals surface area (Å²) in [7, 11) is 1.31. The van der Waals surface area contributed by atoms with Gasteiger partial charge in [0.25, 0.3) is 11.6 Å². The summed E-state index contributed by atoms with van der Waals surface area (Å²) in [5.74, 6) is -1.17. The largest absolute Gasteiger partial charge is 0.494 e. The number of hydrogen-bond acceptors (Lipinski definition) is 6. The van der Waals surface area contributed by atoms with Crippen LogP contribution in [0.4, 0.5) is 11.4 Å². The first-order valence-corrected chi connectivity index (χ1v) is 8.27. The molecule has 0 aliphatic rings. The number of methoxy groups -OCH3 is 1. The Hall–Kier alpha value is -2.84. The van der Waals surface area contributed by atoms with Crippen LogP contribution in [0.1, 0.15) is 5.56 Å². The molecule has 0 radical (unpaired) electrons. The van der Waals surface area contributed by atoms with Crippen molar-refractivity contribution in [2.24, 2.45) is 0 Å². The Balaban J connectivity index is 1.92. The van der Waals surface area contributed by atoms with Crippen LogP contribution in [0.2, 0.25) is 10.0 Å². The predicted molar refractivity (Wildman–Crippen MR) is 99.4 cm³/mol. The number of rotatable bonds is 7.